The molecule has 0 saturated carbocycles. The van der Waals surface area contributed by atoms with Gasteiger partial charge in [0.2, 0.25) is 0 Å². The lowest BCUT2D eigenvalue weighted by Crippen LogP contribution is -2.51. The van der Waals surface area contributed by atoms with Crippen molar-refractivity contribution >= 4 is 11.7 Å². The zero-order chi connectivity index (χ0) is 19.7. The molecule has 28 heavy (non-hydrogen) atoms. The standard InChI is InChI=1S/C25H29NO2/c1-17-12-18(2)24(19(3)13-17)21-14-22-10-7-11-23(15-21)26(22)25(27)28-16-20-8-5-4-6-9-20/h4-6,8-9,12-14,22-23H,7,10-11,15-16H2,1-3H3. The number of hydrogen-bond acceptors (Lipinski definition) is 2. The van der Waals surface area contributed by atoms with Crippen molar-refractivity contribution in [2.75, 3.05) is 0 Å². The van der Waals surface area contributed by atoms with Crippen LogP contribution in [0.25, 0.3) is 5.57 Å². The first kappa shape index (κ1) is 18.8. The summed E-state index contributed by atoms with van der Waals surface area (Å²) in [6, 6.07) is 14.8. The molecule has 3 nitrogen and oxygen atoms in total. The molecule has 146 valence electrons. The number of carbonyl (C=O) groups is 1. The first-order valence-electron chi connectivity index (χ1n) is 10.3. The second-order valence-corrected chi connectivity index (χ2v) is 8.27. The Kier molecular flexibility index (Phi) is 5.25. The molecule has 2 unspecified atom stereocenters. The number of rotatable bonds is 3. The van der Waals surface area contributed by atoms with Crippen LogP contribution in [-0.2, 0) is 11.3 Å². The number of ether oxygens (including phenoxy) is 1. The normalized spacial score (nSPS) is 21.2. The van der Waals surface area contributed by atoms with Crippen LogP contribution in [0.5, 0.6) is 0 Å². The largest absolute Gasteiger partial charge is 0.445 e. The number of amides is 1. The van der Waals surface area contributed by atoms with E-state index in [4.69, 9.17) is 4.74 Å². The highest BCUT2D eigenvalue weighted by Gasteiger charge is 2.38. The van der Waals surface area contributed by atoms with Gasteiger partial charge in [0.25, 0.3) is 0 Å². The second kappa shape index (κ2) is 7.83. The van der Waals surface area contributed by atoms with Crippen LogP contribution in [-0.4, -0.2) is 23.1 Å². The van der Waals surface area contributed by atoms with Gasteiger partial charge >= 0.3 is 6.09 Å². The fraction of sp³-hybridized carbons (Fsp3) is 0.400. The molecule has 0 aliphatic carbocycles. The van der Waals surface area contributed by atoms with Crippen molar-refractivity contribution in [3.05, 3.63) is 76.4 Å². The van der Waals surface area contributed by atoms with Crippen molar-refractivity contribution in [1.82, 2.24) is 4.90 Å². The Morgan fingerprint density at radius 1 is 1.07 bits per heavy atom. The number of hydrogen-bond donors (Lipinski definition) is 0. The summed E-state index contributed by atoms with van der Waals surface area (Å²) >= 11 is 0. The molecule has 2 bridgehead atoms. The van der Waals surface area contributed by atoms with Gasteiger partial charge in [-0.05, 0) is 74.3 Å². The van der Waals surface area contributed by atoms with E-state index in [0.29, 0.717) is 6.61 Å². The third-order valence-corrected chi connectivity index (χ3v) is 6.05. The summed E-state index contributed by atoms with van der Waals surface area (Å²) in [6.07, 6.45) is 6.31. The van der Waals surface area contributed by atoms with Crippen LogP contribution in [0.2, 0.25) is 0 Å². The second-order valence-electron chi connectivity index (χ2n) is 8.27. The van der Waals surface area contributed by atoms with Crippen LogP contribution in [0.3, 0.4) is 0 Å². The number of nitrogens with zero attached hydrogens (tertiary/aromatic N) is 1. The molecular weight excluding hydrogens is 346 g/mol. The van der Waals surface area contributed by atoms with E-state index in [1.165, 1.54) is 34.2 Å². The Morgan fingerprint density at radius 3 is 2.46 bits per heavy atom. The fourth-order valence-electron chi connectivity index (χ4n) is 4.98. The van der Waals surface area contributed by atoms with Gasteiger partial charge in [0.1, 0.15) is 6.61 Å². The maximum atomic E-state index is 12.9. The number of carbonyl (C=O) groups excluding carboxylic acids is 1. The van der Waals surface area contributed by atoms with Gasteiger partial charge in [0.05, 0.1) is 6.04 Å². The van der Waals surface area contributed by atoms with Crippen molar-refractivity contribution in [3.63, 3.8) is 0 Å². The zero-order valence-corrected chi connectivity index (χ0v) is 17.1. The summed E-state index contributed by atoms with van der Waals surface area (Å²) in [5.74, 6) is 0. The third-order valence-electron chi connectivity index (χ3n) is 6.05. The number of aryl methyl sites for hydroxylation is 3. The number of piperidine rings is 1. The Morgan fingerprint density at radius 2 is 1.79 bits per heavy atom. The van der Waals surface area contributed by atoms with Crippen LogP contribution < -0.4 is 0 Å². The van der Waals surface area contributed by atoms with Crippen LogP contribution in [0.1, 0.15) is 53.5 Å². The molecule has 0 aromatic heterocycles. The highest BCUT2D eigenvalue weighted by atomic mass is 16.6. The number of benzene rings is 2. The maximum Gasteiger partial charge on any atom is 0.410 e. The SMILES string of the molecule is Cc1cc(C)c(C2=CC3CCCC(C2)N3C(=O)OCc2ccccc2)c(C)c1. The molecule has 0 spiro atoms. The zero-order valence-electron chi connectivity index (χ0n) is 17.1. The molecule has 2 aromatic carbocycles. The van der Waals surface area contributed by atoms with Crippen LogP contribution >= 0.6 is 0 Å². The lowest BCUT2D eigenvalue weighted by atomic mass is 9.80. The van der Waals surface area contributed by atoms with Crippen molar-refractivity contribution in [1.29, 1.82) is 0 Å². The molecule has 2 aliphatic rings. The minimum atomic E-state index is -0.175. The van der Waals surface area contributed by atoms with Crippen LogP contribution in [0, 0.1) is 20.8 Å². The summed E-state index contributed by atoms with van der Waals surface area (Å²) in [5, 5.41) is 0. The van der Waals surface area contributed by atoms with E-state index in [-0.39, 0.29) is 18.2 Å². The Bertz CT molecular complexity index is 877. The molecule has 1 saturated heterocycles. The van der Waals surface area contributed by atoms with Crippen molar-refractivity contribution in [2.24, 2.45) is 0 Å². The average molecular weight is 376 g/mol. The predicted octanol–water partition coefficient (Wildman–Crippen LogP) is 5.96. The van der Waals surface area contributed by atoms with E-state index in [2.05, 4.69) is 39.0 Å². The lowest BCUT2D eigenvalue weighted by Gasteiger charge is -2.44. The topological polar surface area (TPSA) is 29.5 Å². The Hall–Kier alpha value is -2.55. The molecule has 2 aliphatic heterocycles. The minimum absolute atomic E-state index is 0.144. The van der Waals surface area contributed by atoms with Crippen molar-refractivity contribution in [3.8, 4) is 0 Å². The van der Waals surface area contributed by atoms with E-state index in [1.54, 1.807) is 0 Å². The Labute approximate surface area is 168 Å². The Balaban J connectivity index is 1.55. The highest BCUT2D eigenvalue weighted by molar-refractivity contribution is 5.77. The predicted molar refractivity (Wildman–Crippen MR) is 113 cm³/mol. The number of fused-ring (bicyclic) bond motifs is 2. The lowest BCUT2D eigenvalue weighted by molar-refractivity contribution is 0.0510. The van der Waals surface area contributed by atoms with Crippen molar-refractivity contribution < 1.29 is 9.53 Å². The van der Waals surface area contributed by atoms with Crippen LogP contribution in [0.15, 0.2) is 48.5 Å². The summed E-state index contributed by atoms with van der Waals surface area (Å²) < 4.78 is 5.67. The van der Waals surface area contributed by atoms with E-state index >= 15 is 0 Å². The molecule has 0 radical (unpaired) electrons. The van der Waals surface area contributed by atoms with Gasteiger partial charge < -0.3 is 4.74 Å². The smallest absolute Gasteiger partial charge is 0.410 e. The van der Waals surface area contributed by atoms with Gasteiger partial charge in [0.15, 0.2) is 0 Å². The highest BCUT2D eigenvalue weighted by Crippen LogP contribution is 2.39. The molecule has 4 rings (SSSR count). The van der Waals surface area contributed by atoms with E-state index in [1.807, 2.05) is 35.2 Å². The van der Waals surface area contributed by atoms with Gasteiger partial charge in [-0.2, -0.15) is 0 Å². The van der Waals surface area contributed by atoms with E-state index < -0.39 is 0 Å². The molecule has 3 heteroatoms. The van der Waals surface area contributed by atoms with Crippen LogP contribution in [0.4, 0.5) is 4.79 Å². The minimum Gasteiger partial charge on any atom is -0.445 e. The van der Waals surface area contributed by atoms with Gasteiger partial charge in [-0.15, -0.1) is 0 Å². The van der Waals surface area contributed by atoms with Crippen molar-refractivity contribution in [2.45, 2.75) is 65.1 Å². The molecular formula is C25H29NO2. The molecule has 0 N–H and O–H groups in total. The molecule has 1 amide bonds. The van der Waals surface area contributed by atoms with Gasteiger partial charge in [-0.1, -0.05) is 54.1 Å². The fourth-order valence-corrected chi connectivity index (χ4v) is 4.98. The maximum absolute atomic E-state index is 12.9. The third kappa shape index (κ3) is 3.71. The summed E-state index contributed by atoms with van der Waals surface area (Å²) in [4.78, 5) is 14.9. The van der Waals surface area contributed by atoms with Gasteiger partial charge in [-0.25, -0.2) is 4.79 Å². The molecule has 1 fully saturated rings. The van der Waals surface area contributed by atoms with E-state index in [9.17, 15) is 4.79 Å². The average Bonchev–Trinajstić information content (AvgIpc) is 2.65. The first-order valence-corrected chi connectivity index (χ1v) is 10.3. The summed E-state index contributed by atoms with van der Waals surface area (Å²) in [7, 11) is 0. The van der Waals surface area contributed by atoms with Gasteiger partial charge in [0, 0.05) is 6.04 Å². The van der Waals surface area contributed by atoms with Gasteiger partial charge in [-0.3, -0.25) is 4.90 Å². The summed E-state index contributed by atoms with van der Waals surface area (Å²) in [5.41, 5.74) is 7.78. The molecule has 2 heterocycles. The summed E-state index contributed by atoms with van der Waals surface area (Å²) in [6.45, 7) is 6.89. The molecule has 2 atom stereocenters. The van der Waals surface area contributed by atoms with E-state index in [0.717, 1.165) is 24.8 Å². The quantitative estimate of drug-likeness (QED) is 0.662. The monoisotopic (exact) mass is 375 g/mol. The first-order chi connectivity index (χ1) is 13.5. The molecule has 2 aromatic rings.